The van der Waals surface area contributed by atoms with E-state index in [9.17, 15) is 5.11 Å². The first-order valence-electron chi connectivity index (χ1n) is 5.37. The summed E-state index contributed by atoms with van der Waals surface area (Å²) in [5.41, 5.74) is 0.779. The van der Waals surface area contributed by atoms with Gasteiger partial charge in [-0.2, -0.15) is 0 Å². The van der Waals surface area contributed by atoms with Crippen LogP contribution in [-0.4, -0.2) is 42.9 Å². The van der Waals surface area contributed by atoms with Crippen molar-refractivity contribution < 1.29 is 5.11 Å². The van der Waals surface area contributed by atoms with Gasteiger partial charge in [0.25, 0.3) is 0 Å². The number of likely N-dealkylation sites (tertiary alicyclic amines) is 1. The zero-order valence-electron chi connectivity index (χ0n) is 9.38. The van der Waals surface area contributed by atoms with Crippen LogP contribution in [0.15, 0.2) is 0 Å². The highest BCUT2D eigenvalue weighted by molar-refractivity contribution is 6.77. The molecule has 1 saturated heterocycles. The summed E-state index contributed by atoms with van der Waals surface area (Å²) in [4.78, 5) is 2.47. The fourth-order valence-electron chi connectivity index (χ4n) is 2.18. The highest BCUT2D eigenvalue weighted by Crippen LogP contribution is 2.24. The first-order chi connectivity index (χ1) is 5.95. The highest BCUT2D eigenvalue weighted by atomic mass is 28.3. The number of β-amino-alcohol motifs (C(OH)–C–C–N with tert-alkyl or cyclic N) is 1. The van der Waals surface area contributed by atoms with Crippen LogP contribution in [-0.2, 0) is 0 Å². The van der Waals surface area contributed by atoms with Crippen LogP contribution in [0.2, 0.25) is 19.6 Å². The molecular formula is C10H23NOSi. The van der Waals surface area contributed by atoms with Gasteiger partial charge in [0.2, 0.25) is 0 Å². The molecule has 0 amide bonds. The van der Waals surface area contributed by atoms with Gasteiger partial charge in [0.1, 0.15) is 0 Å². The number of aliphatic hydroxyl groups is 1. The van der Waals surface area contributed by atoms with E-state index in [1.54, 1.807) is 0 Å². The summed E-state index contributed by atoms with van der Waals surface area (Å²) < 4.78 is 0. The fourth-order valence-corrected chi connectivity index (χ4v) is 4.64. The van der Waals surface area contributed by atoms with E-state index >= 15 is 0 Å². The second-order valence-corrected chi connectivity index (χ2v) is 10.7. The molecule has 1 unspecified atom stereocenters. The number of nitrogens with zero attached hydrogens (tertiary/aromatic N) is 1. The molecular weight excluding hydrogens is 178 g/mol. The second kappa shape index (κ2) is 4.11. The quantitative estimate of drug-likeness (QED) is 0.700. The Morgan fingerprint density at radius 3 is 2.23 bits per heavy atom. The van der Waals surface area contributed by atoms with Crippen LogP contribution in [0.3, 0.4) is 0 Å². The van der Waals surface area contributed by atoms with Gasteiger partial charge in [0, 0.05) is 18.8 Å². The van der Waals surface area contributed by atoms with Crippen molar-refractivity contribution >= 4 is 8.07 Å². The van der Waals surface area contributed by atoms with Crippen molar-refractivity contribution in [3.05, 3.63) is 0 Å². The smallest absolute Gasteiger partial charge is 0.0793 e. The molecule has 3 heteroatoms. The van der Waals surface area contributed by atoms with Crippen LogP contribution in [0.5, 0.6) is 0 Å². The Morgan fingerprint density at radius 2 is 1.92 bits per heavy atom. The van der Waals surface area contributed by atoms with Crippen molar-refractivity contribution in [2.75, 3.05) is 13.1 Å². The van der Waals surface area contributed by atoms with Crippen LogP contribution in [0.25, 0.3) is 0 Å². The molecule has 0 aliphatic carbocycles. The molecule has 1 atom stereocenters. The topological polar surface area (TPSA) is 23.5 Å². The third kappa shape index (κ3) is 2.79. The van der Waals surface area contributed by atoms with E-state index in [2.05, 4.69) is 31.5 Å². The van der Waals surface area contributed by atoms with Gasteiger partial charge < -0.3 is 5.11 Å². The number of aliphatic hydroxyl groups excluding tert-OH is 1. The Labute approximate surface area is 83.0 Å². The molecule has 0 aromatic heterocycles. The molecule has 0 bridgehead atoms. The van der Waals surface area contributed by atoms with Crippen LogP contribution in [0.4, 0.5) is 0 Å². The Hall–Kier alpha value is 0.137. The molecule has 0 spiro atoms. The predicted octanol–water partition coefficient (Wildman–Crippen LogP) is 1.71. The third-order valence-corrected chi connectivity index (χ3v) is 5.55. The van der Waals surface area contributed by atoms with Crippen molar-refractivity contribution in [2.45, 2.75) is 51.2 Å². The molecule has 13 heavy (non-hydrogen) atoms. The lowest BCUT2D eigenvalue weighted by molar-refractivity contribution is -0.0104. The molecule has 78 valence electrons. The van der Waals surface area contributed by atoms with Crippen molar-refractivity contribution in [2.24, 2.45) is 0 Å². The summed E-state index contributed by atoms with van der Waals surface area (Å²) in [5, 5.41) is 9.27. The van der Waals surface area contributed by atoms with Crippen molar-refractivity contribution in [3.8, 4) is 0 Å². The average Bonchev–Trinajstić information content (AvgIpc) is 1.92. The Balaban J connectivity index is 2.48. The molecule has 0 aromatic carbocycles. The van der Waals surface area contributed by atoms with E-state index in [1.165, 1.54) is 12.8 Å². The van der Waals surface area contributed by atoms with Crippen molar-refractivity contribution in [1.29, 1.82) is 0 Å². The molecule has 1 fully saturated rings. The highest BCUT2D eigenvalue weighted by Gasteiger charge is 2.37. The summed E-state index contributed by atoms with van der Waals surface area (Å²) in [5.74, 6) is 0. The Kier molecular flexibility index (Phi) is 3.55. The van der Waals surface area contributed by atoms with Gasteiger partial charge in [-0.1, -0.05) is 33.0 Å². The van der Waals surface area contributed by atoms with E-state index < -0.39 is 8.07 Å². The fraction of sp³-hybridized carbons (Fsp3) is 1.00. The monoisotopic (exact) mass is 201 g/mol. The first kappa shape index (κ1) is 11.2. The van der Waals surface area contributed by atoms with Gasteiger partial charge in [-0.3, -0.25) is 4.90 Å². The molecule has 0 aromatic rings. The minimum absolute atomic E-state index is 0.0456. The largest absolute Gasteiger partial charge is 0.390 e. The van der Waals surface area contributed by atoms with Crippen molar-refractivity contribution in [1.82, 2.24) is 4.90 Å². The molecule has 1 N–H and O–H groups in total. The maximum Gasteiger partial charge on any atom is 0.0793 e. The third-order valence-electron chi connectivity index (χ3n) is 2.89. The molecule has 1 aliphatic heterocycles. The minimum Gasteiger partial charge on any atom is -0.390 e. The number of hydrogen-bond donors (Lipinski definition) is 1. The van der Waals surface area contributed by atoms with E-state index in [1.807, 2.05) is 0 Å². The van der Waals surface area contributed by atoms with E-state index in [4.69, 9.17) is 0 Å². The van der Waals surface area contributed by atoms with E-state index in [0.29, 0.717) is 0 Å². The molecule has 1 aliphatic rings. The lowest BCUT2D eigenvalue weighted by Gasteiger charge is -2.47. The predicted molar refractivity (Wildman–Crippen MR) is 59.6 cm³/mol. The van der Waals surface area contributed by atoms with Crippen LogP contribution in [0, 0.1) is 0 Å². The summed E-state index contributed by atoms with van der Waals surface area (Å²) in [6.45, 7) is 11.4. The van der Waals surface area contributed by atoms with Crippen LogP contribution < -0.4 is 0 Å². The number of rotatable bonds is 4. The molecule has 0 saturated carbocycles. The Bertz CT molecular complexity index is 161. The Morgan fingerprint density at radius 1 is 1.38 bits per heavy atom. The van der Waals surface area contributed by atoms with Gasteiger partial charge >= 0.3 is 0 Å². The summed E-state index contributed by atoms with van der Waals surface area (Å²) >= 11 is 0. The van der Waals surface area contributed by atoms with E-state index in [0.717, 1.165) is 18.8 Å². The minimum atomic E-state index is -1.06. The van der Waals surface area contributed by atoms with Gasteiger partial charge in [0.05, 0.1) is 14.2 Å². The molecule has 2 nitrogen and oxygen atoms in total. The summed E-state index contributed by atoms with van der Waals surface area (Å²) in [6.07, 6.45) is 2.53. The van der Waals surface area contributed by atoms with Crippen molar-refractivity contribution in [3.63, 3.8) is 0 Å². The molecule has 1 heterocycles. The summed E-state index contributed by atoms with van der Waals surface area (Å²) in [6, 6.07) is 0. The standard InChI is InChI=1S/C10H23NOSi/c1-5-6-10(13(2,3)4)11-7-9(12)8-11/h9-10,12H,5-8H2,1-4H3. The zero-order chi connectivity index (χ0) is 10.1. The SMILES string of the molecule is CCCC(N1CC(O)C1)[Si](C)(C)C. The second-order valence-electron chi connectivity index (χ2n) is 5.28. The van der Waals surface area contributed by atoms with Gasteiger partial charge in [-0.15, -0.1) is 0 Å². The zero-order valence-corrected chi connectivity index (χ0v) is 10.4. The van der Waals surface area contributed by atoms with Crippen LogP contribution >= 0.6 is 0 Å². The van der Waals surface area contributed by atoms with Gasteiger partial charge in [0.15, 0.2) is 0 Å². The maximum absolute atomic E-state index is 9.27. The molecule has 0 radical (unpaired) electrons. The number of hydrogen-bond acceptors (Lipinski definition) is 2. The maximum atomic E-state index is 9.27. The lowest BCUT2D eigenvalue weighted by Crippen LogP contribution is -2.62. The molecule has 1 rings (SSSR count). The van der Waals surface area contributed by atoms with Gasteiger partial charge in [-0.05, 0) is 6.42 Å². The summed E-state index contributed by atoms with van der Waals surface area (Å²) in [7, 11) is -1.06. The average molecular weight is 201 g/mol. The first-order valence-corrected chi connectivity index (χ1v) is 8.95. The lowest BCUT2D eigenvalue weighted by atomic mass is 10.1. The van der Waals surface area contributed by atoms with Crippen LogP contribution in [0.1, 0.15) is 19.8 Å². The van der Waals surface area contributed by atoms with E-state index in [-0.39, 0.29) is 6.10 Å². The normalized spacial score (nSPS) is 22.8. The van der Waals surface area contributed by atoms with Gasteiger partial charge in [-0.25, -0.2) is 0 Å².